The maximum atomic E-state index is 11.4. The first-order valence-corrected chi connectivity index (χ1v) is 4.98. The van der Waals surface area contributed by atoms with E-state index in [2.05, 4.69) is 5.32 Å². The van der Waals surface area contributed by atoms with Crippen molar-refractivity contribution < 1.29 is 9.59 Å². The second kappa shape index (κ2) is 5.75. The number of carbonyl (C=O) groups is 2. The lowest BCUT2D eigenvalue weighted by atomic mass is 10.1. The molecule has 0 spiro atoms. The predicted octanol–water partition coefficient (Wildman–Crippen LogP) is -0.197. The van der Waals surface area contributed by atoms with E-state index in [4.69, 9.17) is 11.5 Å². The molecule has 0 bridgehead atoms. The fourth-order valence-electron chi connectivity index (χ4n) is 1.26. The molecule has 0 aliphatic carbocycles. The van der Waals surface area contributed by atoms with Crippen LogP contribution in [0.15, 0.2) is 24.3 Å². The smallest absolute Gasteiger partial charge is 0.224 e. The average Bonchev–Trinajstić information content (AvgIpc) is 2.21. The lowest BCUT2D eigenvalue weighted by Gasteiger charge is -2.06. The van der Waals surface area contributed by atoms with Crippen LogP contribution in [0, 0.1) is 0 Å². The Kier molecular flexibility index (Phi) is 4.32. The van der Waals surface area contributed by atoms with Crippen molar-refractivity contribution >= 4 is 17.5 Å². The molecule has 16 heavy (non-hydrogen) atoms. The summed E-state index contributed by atoms with van der Waals surface area (Å²) in [6.45, 7) is 0.265. The highest BCUT2D eigenvalue weighted by Crippen LogP contribution is 2.10. The lowest BCUT2D eigenvalue weighted by molar-refractivity contribution is -0.120. The van der Waals surface area contributed by atoms with Crippen molar-refractivity contribution in [3.8, 4) is 0 Å². The number of para-hydroxylation sites is 1. The van der Waals surface area contributed by atoms with Gasteiger partial charge in [0.2, 0.25) is 11.8 Å². The number of benzene rings is 1. The van der Waals surface area contributed by atoms with Crippen LogP contribution in [0.4, 0.5) is 5.69 Å². The molecule has 2 amide bonds. The summed E-state index contributed by atoms with van der Waals surface area (Å²) in [5.41, 5.74) is 12.0. The minimum absolute atomic E-state index is 0.149. The molecule has 0 heterocycles. The summed E-state index contributed by atoms with van der Waals surface area (Å²) in [4.78, 5) is 21.9. The molecular weight excluding hydrogens is 206 g/mol. The molecular formula is C11H15N3O2. The first-order valence-electron chi connectivity index (χ1n) is 4.98. The van der Waals surface area contributed by atoms with E-state index >= 15 is 0 Å². The third kappa shape index (κ3) is 4.00. The molecule has 5 N–H and O–H groups in total. The van der Waals surface area contributed by atoms with Crippen LogP contribution in [0.25, 0.3) is 0 Å². The minimum Gasteiger partial charge on any atom is -0.398 e. The van der Waals surface area contributed by atoms with E-state index in [1.54, 1.807) is 12.1 Å². The number of anilines is 1. The van der Waals surface area contributed by atoms with Crippen LogP contribution in [-0.4, -0.2) is 18.4 Å². The van der Waals surface area contributed by atoms with Gasteiger partial charge in [-0.15, -0.1) is 0 Å². The molecule has 1 aromatic carbocycles. The molecule has 0 unspecified atom stereocenters. The van der Waals surface area contributed by atoms with Gasteiger partial charge in [-0.25, -0.2) is 0 Å². The number of primary amides is 1. The van der Waals surface area contributed by atoms with E-state index in [0.29, 0.717) is 5.69 Å². The van der Waals surface area contributed by atoms with E-state index in [9.17, 15) is 9.59 Å². The third-order valence-electron chi connectivity index (χ3n) is 2.10. The van der Waals surface area contributed by atoms with Gasteiger partial charge < -0.3 is 16.8 Å². The fraction of sp³-hybridized carbons (Fsp3) is 0.273. The van der Waals surface area contributed by atoms with Gasteiger partial charge in [-0.1, -0.05) is 18.2 Å². The van der Waals surface area contributed by atoms with Gasteiger partial charge >= 0.3 is 0 Å². The molecule has 1 rings (SSSR count). The molecule has 0 atom stereocenters. The molecule has 5 heteroatoms. The Balaban J connectivity index is 2.40. The molecule has 0 aliphatic heterocycles. The quantitative estimate of drug-likeness (QED) is 0.600. The molecule has 1 aromatic rings. The first-order chi connectivity index (χ1) is 7.59. The molecule has 0 radical (unpaired) electrons. The monoisotopic (exact) mass is 221 g/mol. The van der Waals surface area contributed by atoms with Crippen LogP contribution >= 0.6 is 0 Å². The van der Waals surface area contributed by atoms with Crippen molar-refractivity contribution in [2.24, 2.45) is 5.73 Å². The maximum absolute atomic E-state index is 11.4. The van der Waals surface area contributed by atoms with Gasteiger partial charge in [0.1, 0.15) is 0 Å². The van der Waals surface area contributed by atoms with Crippen molar-refractivity contribution in [3.05, 3.63) is 29.8 Å². The predicted molar refractivity (Wildman–Crippen MR) is 61.4 cm³/mol. The second-order valence-corrected chi connectivity index (χ2v) is 3.44. The Labute approximate surface area is 93.8 Å². The molecule has 5 nitrogen and oxygen atoms in total. The zero-order valence-electron chi connectivity index (χ0n) is 8.90. The molecule has 0 saturated carbocycles. The van der Waals surface area contributed by atoms with Crippen LogP contribution in [0.1, 0.15) is 12.0 Å². The maximum Gasteiger partial charge on any atom is 0.224 e. The Bertz CT molecular complexity index is 391. The summed E-state index contributed by atoms with van der Waals surface area (Å²) in [5.74, 6) is -0.598. The zero-order chi connectivity index (χ0) is 12.0. The number of amides is 2. The van der Waals surface area contributed by atoms with Crippen molar-refractivity contribution in [1.29, 1.82) is 0 Å². The summed E-state index contributed by atoms with van der Waals surface area (Å²) >= 11 is 0. The van der Waals surface area contributed by atoms with Gasteiger partial charge in [0.15, 0.2) is 0 Å². The highest BCUT2D eigenvalue weighted by atomic mass is 16.2. The SMILES string of the molecule is NC(=O)CCNC(=O)Cc1ccccc1N. The number of carbonyl (C=O) groups excluding carboxylic acids is 2. The number of nitrogens with two attached hydrogens (primary N) is 2. The van der Waals surface area contributed by atoms with Gasteiger partial charge in [-0.05, 0) is 11.6 Å². The normalized spacial score (nSPS) is 9.75. The van der Waals surface area contributed by atoms with Crippen LogP contribution in [0.2, 0.25) is 0 Å². The van der Waals surface area contributed by atoms with Gasteiger partial charge in [0, 0.05) is 18.7 Å². The van der Waals surface area contributed by atoms with Crippen molar-refractivity contribution in [2.75, 3.05) is 12.3 Å². The lowest BCUT2D eigenvalue weighted by Crippen LogP contribution is -2.29. The molecule has 0 aromatic heterocycles. The molecule has 0 fully saturated rings. The number of nitrogen functional groups attached to an aromatic ring is 1. The largest absolute Gasteiger partial charge is 0.398 e. The highest BCUT2D eigenvalue weighted by Gasteiger charge is 2.05. The summed E-state index contributed by atoms with van der Waals surface area (Å²) in [6, 6.07) is 7.17. The second-order valence-electron chi connectivity index (χ2n) is 3.44. The molecule has 0 aliphatic rings. The summed E-state index contributed by atoms with van der Waals surface area (Å²) in [6.07, 6.45) is 0.363. The summed E-state index contributed by atoms with van der Waals surface area (Å²) in [5, 5.41) is 2.59. The van der Waals surface area contributed by atoms with Gasteiger partial charge in [0.05, 0.1) is 6.42 Å². The topological polar surface area (TPSA) is 98.2 Å². The van der Waals surface area contributed by atoms with E-state index < -0.39 is 5.91 Å². The van der Waals surface area contributed by atoms with E-state index in [1.165, 1.54) is 0 Å². The van der Waals surface area contributed by atoms with Gasteiger partial charge in [-0.2, -0.15) is 0 Å². The minimum atomic E-state index is -0.431. The van der Waals surface area contributed by atoms with Crippen molar-refractivity contribution in [3.63, 3.8) is 0 Å². The van der Waals surface area contributed by atoms with Crippen molar-refractivity contribution in [2.45, 2.75) is 12.8 Å². The summed E-state index contributed by atoms with van der Waals surface area (Å²) in [7, 11) is 0. The van der Waals surface area contributed by atoms with Gasteiger partial charge in [0.25, 0.3) is 0 Å². The molecule has 86 valence electrons. The standard InChI is InChI=1S/C11H15N3O2/c12-9-4-2-1-3-8(9)7-11(16)14-6-5-10(13)15/h1-4H,5-7,12H2,(H2,13,15)(H,14,16). The van der Waals surface area contributed by atoms with E-state index in [-0.39, 0.29) is 25.3 Å². The number of hydrogen-bond donors (Lipinski definition) is 3. The Morgan fingerprint density at radius 1 is 1.25 bits per heavy atom. The number of hydrogen-bond acceptors (Lipinski definition) is 3. The summed E-state index contributed by atoms with van der Waals surface area (Å²) < 4.78 is 0. The first kappa shape index (κ1) is 12.0. The van der Waals surface area contributed by atoms with Gasteiger partial charge in [-0.3, -0.25) is 9.59 Å². The fourth-order valence-corrected chi connectivity index (χ4v) is 1.26. The molecule has 0 saturated heterocycles. The van der Waals surface area contributed by atoms with Crippen molar-refractivity contribution in [1.82, 2.24) is 5.32 Å². The van der Waals surface area contributed by atoms with Crippen LogP contribution in [0.3, 0.4) is 0 Å². The van der Waals surface area contributed by atoms with Crippen LogP contribution in [0.5, 0.6) is 0 Å². The number of rotatable bonds is 5. The Morgan fingerprint density at radius 3 is 2.56 bits per heavy atom. The van der Waals surface area contributed by atoms with E-state index in [0.717, 1.165) is 5.56 Å². The van der Waals surface area contributed by atoms with Crippen LogP contribution in [-0.2, 0) is 16.0 Å². The van der Waals surface area contributed by atoms with E-state index in [1.807, 2.05) is 12.1 Å². The number of nitrogens with one attached hydrogen (secondary N) is 1. The average molecular weight is 221 g/mol. The zero-order valence-corrected chi connectivity index (χ0v) is 8.90. The Morgan fingerprint density at radius 2 is 1.94 bits per heavy atom. The van der Waals surface area contributed by atoms with Crippen LogP contribution < -0.4 is 16.8 Å². The Hall–Kier alpha value is -2.04. The third-order valence-corrected chi connectivity index (χ3v) is 2.10. The highest BCUT2D eigenvalue weighted by molar-refractivity contribution is 5.81.